The van der Waals surface area contributed by atoms with Crippen LogP contribution in [0.2, 0.25) is 5.02 Å². The molecule has 1 saturated heterocycles. The van der Waals surface area contributed by atoms with Crippen LogP contribution in [0.4, 0.5) is 0 Å². The summed E-state index contributed by atoms with van der Waals surface area (Å²) in [7, 11) is 0. The molecule has 6 heteroatoms. The van der Waals surface area contributed by atoms with Crippen molar-refractivity contribution in [2.24, 2.45) is 0 Å². The van der Waals surface area contributed by atoms with Gasteiger partial charge >= 0.3 is 0 Å². The number of benzene rings is 2. The van der Waals surface area contributed by atoms with Gasteiger partial charge in [0.25, 0.3) is 0 Å². The van der Waals surface area contributed by atoms with Crippen molar-refractivity contribution in [3.63, 3.8) is 0 Å². The van der Waals surface area contributed by atoms with Crippen molar-refractivity contribution >= 4 is 29.3 Å². The van der Waals surface area contributed by atoms with Gasteiger partial charge in [0, 0.05) is 22.9 Å². The molecule has 2 atom stereocenters. The molecule has 1 amide bonds. The van der Waals surface area contributed by atoms with Crippen molar-refractivity contribution in [3.05, 3.63) is 80.8 Å². The van der Waals surface area contributed by atoms with Gasteiger partial charge in [0.2, 0.25) is 5.91 Å². The zero-order chi connectivity index (χ0) is 19.2. The van der Waals surface area contributed by atoms with E-state index in [0.717, 1.165) is 11.1 Å². The third-order valence-corrected chi connectivity index (χ3v) is 6.57. The van der Waals surface area contributed by atoms with E-state index in [1.807, 2.05) is 43.3 Å². The van der Waals surface area contributed by atoms with Gasteiger partial charge in [0.05, 0.1) is 22.4 Å². The summed E-state index contributed by atoms with van der Waals surface area (Å²) in [6.07, 6.45) is 0.142. The minimum Gasteiger partial charge on any atom is -0.366 e. The molecule has 2 heterocycles. The fourth-order valence-electron chi connectivity index (χ4n) is 3.64. The number of nitriles is 1. The first-order valence-electron chi connectivity index (χ1n) is 8.59. The number of aryl methyl sites for hydroxylation is 1. The largest absolute Gasteiger partial charge is 0.366 e. The molecule has 0 saturated carbocycles. The van der Waals surface area contributed by atoms with Gasteiger partial charge in [-0.3, -0.25) is 9.69 Å². The Balaban J connectivity index is 1.79. The summed E-state index contributed by atoms with van der Waals surface area (Å²) in [5.41, 5.74) is 1.70. The van der Waals surface area contributed by atoms with Gasteiger partial charge in [-0.05, 0) is 24.6 Å². The van der Waals surface area contributed by atoms with Crippen LogP contribution in [0.25, 0.3) is 0 Å². The smallest absolute Gasteiger partial charge is 0.231 e. The summed E-state index contributed by atoms with van der Waals surface area (Å²) < 4.78 is 0. The minimum absolute atomic E-state index is 0.142. The van der Waals surface area contributed by atoms with E-state index in [4.69, 9.17) is 11.6 Å². The number of nitrogens with zero attached hydrogens (tertiary/aromatic N) is 2. The maximum absolute atomic E-state index is 13.0. The SMILES string of the molecule is Cc1ccc(C2(O)CSC3=C(C#N)C(c4ccc(Cl)cc4)CC(=O)N32)cc1. The van der Waals surface area contributed by atoms with E-state index in [1.165, 1.54) is 16.7 Å². The summed E-state index contributed by atoms with van der Waals surface area (Å²) in [6.45, 7) is 1.97. The summed E-state index contributed by atoms with van der Waals surface area (Å²) >= 11 is 7.32. The number of hydrogen-bond donors (Lipinski definition) is 1. The highest BCUT2D eigenvalue weighted by atomic mass is 35.5. The predicted octanol–water partition coefficient (Wildman–Crippen LogP) is 4.29. The fourth-order valence-corrected chi connectivity index (χ4v) is 5.12. The molecule has 27 heavy (non-hydrogen) atoms. The van der Waals surface area contributed by atoms with Gasteiger partial charge in [0.15, 0.2) is 5.72 Å². The second kappa shape index (κ2) is 6.72. The number of hydrogen-bond acceptors (Lipinski definition) is 4. The average Bonchev–Trinajstić information content (AvgIpc) is 3.02. The standard InChI is InChI=1S/C21H17ClN2O2S/c1-13-2-6-15(7-3-13)21(26)12-27-20-18(11-23)17(10-19(25)24(20)21)14-4-8-16(22)9-5-14/h2-9,17,26H,10,12H2,1H3. The quantitative estimate of drug-likeness (QED) is 0.822. The Hall–Kier alpha value is -2.26. The van der Waals surface area contributed by atoms with E-state index < -0.39 is 5.72 Å². The average molecular weight is 397 g/mol. The number of aliphatic hydroxyl groups is 1. The molecule has 1 fully saturated rings. The molecule has 0 spiro atoms. The zero-order valence-corrected chi connectivity index (χ0v) is 16.2. The first-order valence-corrected chi connectivity index (χ1v) is 9.95. The number of amides is 1. The zero-order valence-electron chi connectivity index (χ0n) is 14.6. The number of rotatable bonds is 2. The van der Waals surface area contributed by atoms with Crippen molar-refractivity contribution in [1.29, 1.82) is 5.26 Å². The third kappa shape index (κ3) is 2.94. The summed E-state index contributed by atoms with van der Waals surface area (Å²) in [5.74, 6) is -0.203. The van der Waals surface area contributed by atoms with Gasteiger partial charge in [-0.1, -0.05) is 53.6 Å². The van der Waals surface area contributed by atoms with Crippen LogP contribution in [0.15, 0.2) is 59.1 Å². The van der Waals surface area contributed by atoms with Gasteiger partial charge in [-0.15, -0.1) is 11.8 Å². The first kappa shape index (κ1) is 18.1. The van der Waals surface area contributed by atoms with Crippen LogP contribution < -0.4 is 0 Å². The molecule has 136 valence electrons. The second-order valence-corrected chi connectivity index (χ2v) is 8.24. The first-order chi connectivity index (χ1) is 12.9. The highest BCUT2D eigenvalue weighted by Crippen LogP contribution is 2.51. The molecular weight excluding hydrogens is 380 g/mol. The van der Waals surface area contributed by atoms with Crippen molar-refractivity contribution in [3.8, 4) is 6.07 Å². The van der Waals surface area contributed by atoms with Crippen LogP contribution in [0.5, 0.6) is 0 Å². The molecule has 2 aromatic carbocycles. The fraction of sp³-hybridized carbons (Fsp3) is 0.238. The Morgan fingerprint density at radius 2 is 1.89 bits per heavy atom. The lowest BCUT2D eigenvalue weighted by Crippen LogP contribution is -2.48. The summed E-state index contributed by atoms with van der Waals surface area (Å²) in [5, 5.41) is 22.3. The molecule has 4 rings (SSSR count). The highest BCUT2D eigenvalue weighted by molar-refractivity contribution is 8.03. The van der Waals surface area contributed by atoms with Crippen molar-refractivity contribution in [1.82, 2.24) is 4.90 Å². The van der Waals surface area contributed by atoms with Crippen molar-refractivity contribution < 1.29 is 9.90 Å². The van der Waals surface area contributed by atoms with Crippen molar-refractivity contribution in [2.45, 2.75) is 25.0 Å². The monoisotopic (exact) mass is 396 g/mol. The maximum Gasteiger partial charge on any atom is 0.231 e. The molecule has 2 aromatic rings. The lowest BCUT2D eigenvalue weighted by Gasteiger charge is -2.38. The highest BCUT2D eigenvalue weighted by Gasteiger charge is 2.51. The van der Waals surface area contributed by atoms with Gasteiger partial charge in [-0.2, -0.15) is 5.26 Å². The predicted molar refractivity (Wildman–Crippen MR) is 106 cm³/mol. The third-order valence-electron chi connectivity index (χ3n) is 5.10. The lowest BCUT2D eigenvalue weighted by atomic mass is 9.85. The second-order valence-electron chi connectivity index (χ2n) is 6.84. The molecule has 0 aromatic heterocycles. The van der Waals surface area contributed by atoms with E-state index in [0.29, 0.717) is 26.9 Å². The Morgan fingerprint density at radius 1 is 1.22 bits per heavy atom. The molecule has 1 N–H and O–H groups in total. The Morgan fingerprint density at radius 3 is 2.52 bits per heavy atom. The van der Waals surface area contributed by atoms with Gasteiger partial charge in [0.1, 0.15) is 0 Å². The number of carbonyl (C=O) groups is 1. The van der Waals surface area contributed by atoms with E-state index in [-0.39, 0.29) is 18.2 Å². The van der Waals surface area contributed by atoms with E-state index >= 15 is 0 Å². The lowest BCUT2D eigenvalue weighted by molar-refractivity contribution is -0.149. The van der Waals surface area contributed by atoms with Crippen LogP contribution in [0, 0.1) is 18.3 Å². The number of fused-ring (bicyclic) bond motifs is 1. The molecule has 0 radical (unpaired) electrons. The molecular formula is C21H17ClN2O2S. The molecule has 4 nitrogen and oxygen atoms in total. The van der Waals surface area contributed by atoms with E-state index in [2.05, 4.69) is 6.07 Å². The summed E-state index contributed by atoms with van der Waals surface area (Å²) in [4.78, 5) is 14.4. The normalized spacial score (nSPS) is 24.7. The number of carbonyl (C=O) groups excluding carboxylic acids is 1. The number of allylic oxidation sites excluding steroid dienone is 1. The maximum atomic E-state index is 13.0. The topological polar surface area (TPSA) is 64.3 Å². The van der Waals surface area contributed by atoms with Crippen molar-refractivity contribution in [2.75, 3.05) is 5.75 Å². The Bertz CT molecular complexity index is 979. The van der Waals surface area contributed by atoms with E-state index in [9.17, 15) is 15.2 Å². The van der Waals surface area contributed by atoms with Crippen LogP contribution in [-0.2, 0) is 10.5 Å². The number of halogens is 1. The molecule has 2 unspecified atom stereocenters. The van der Waals surface area contributed by atoms with Crippen LogP contribution in [0.3, 0.4) is 0 Å². The van der Waals surface area contributed by atoms with Gasteiger partial charge in [-0.25, -0.2) is 0 Å². The molecule has 2 aliphatic heterocycles. The van der Waals surface area contributed by atoms with Crippen LogP contribution in [-0.4, -0.2) is 21.7 Å². The summed E-state index contributed by atoms with van der Waals surface area (Å²) in [6, 6.07) is 17.0. The Kier molecular flexibility index (Phi) is 4.51. The Labute approximate surface area is 167 Å². The number of thioether (sulfide) groups is 1. The minimum atomic E-state index is -1.43. The molecule has 2 aliphatic rings. The molecule has 0 aliphatic carbocycles. The van der Waals surface area contributed by atoms with Gasteiger partial charge < -0.3 is 5.11 Å². The molecule has 0 bridgehead atoms. The van der Waals surface area contributed by atoms with E-state index in [1.54, 1.807) is 12.1 Å². The van der Waals surface area contributed by atoms with Crippen LogP contribution >= 0.6 is 23.4 Å². The van der Waals surface area contributed by atoms with Crippen LogP contribution in [0.1, 0.15) is 29.0 Å².